The van der Waals surface area contributed by atoms with Gasteiger partial charge in [0.15, 0.2) is 34.9 Å². The highest BCUT2D eigenvalue weighted by Gasteiger charge is 2.31. The number of benzene rings is 3. The second kappa shape index (κ2) is 8.67. The fourth-order valence-electron chi connectivity index (χ4n) is 3.95. The fraction of sp³-hybridized carbons (Fsp3) is 0.217. The molecule has 1 radical (unpaired) electrons. The van der Waals surface area contributed by atoms with Crippen molar-refractivity contribution < 1.29 is 43.9 Å². The Balaban J connectivity index is 2.68. The molecule has 181 valence electrons. The molecule has 3 aromatic carbocycles. The predicted molar refractivity (Wildman–Crippen MR) is 107 cm³/mol. The Morgan fingerprint density at radius 3 is 1.12 bits per heavy atom. The molecule has 11 heteroatoms. The van der Waals surface area contributed by atoms with Crippen molar-refractivity contribution in [3.8, 4) is 0 Å². The Hall–Kier alpha value is -2.98. The van der Waals surface area contributed by atoms with E-state index in [9.17, 15) is 26.3 Å². The van der Waals surface area contributed by atoms with Crippen LogP contribution >= 0.6 is 0 Å². The third-order valence-electron chi connectivity index (χ3n) is 6.12. The largest absolute Gasteiger partial charge is 0.210 e. The molecule has 3 rings (SSSR count). The van der Waals surface area contributed by atoms with Crippen LogP contribution in [0.2, 0.25) is 0 Å². The topological polar surface area (TPSA) is 0 Å². The number of hydrogen-bond acceptors (Lipinski definition) is 0. The summed E-state index contributed by atoms with van der Waals surface area (Å²) >= 11 is 0. The standard InChI is InChI=1S/C23H15BF10/c1-6-7(2)15(26)23(34)20(31)11(6)24(12-8(3)16(27)17(28)9(4)14(12)25)13-21(32)18(29)10(5)19(30)22(13)33/h1-5H3/q-1. The minimum Gasteiger partial charge on any atom is -0.210 e. The van der Waals surface area contributed by atoms with Gasteiger partial charge in [-0.15, -0.1) is 0 Å². The number of hydrogen-bond donors (Lipinski definition) is 0. The molecule has 0 aliphatic rings. The van der Waals surface area contributed by atoms with Crippen LogP contribution in [0.1, 0.15) is 27.8 Å². The summed E-state index contributed by atoms with van der Waals surface area (Å²) in [5.74, 6) is -18.8. The maximum atomic E-state index is 15.3. The van der Waals surface area contributed by atoms with Crippen LogP contribution in [-0.4, -0.2) is 6.71 Å². The molecule has 0 heterocycles. The molecule has 0 nitrogen and oxygen atoms in total. The zero-order valence-corrected chi connectivity index (χ0v) is 18.4. The first kappa shape index (κ1) is 25.6. The van der Waals surface area contributed by atoms with E-state index in [2.05, 4.69) is 0 Å². The van der Waals surface area contributed by atoms with Crippen molar-refractivity contribution in [3.63, 3.8) is 0 Å². The Labute approximate surface area is 188 Å². The van der Waals surface area contributed by atoms with Gasteiger partial charge in [0.25, 0.3) is 0 Å². The van der Waals surface area contributed by atoms with Gasteiger partial charge in [-0.1, -0.05) is 5.56 Å². The maximum absolute atomic E-state index is 15.3. The molecule has 0 saturated carbocycles. The van der Waals surface area contributed by atoms with Crippen LogP contribution in [0.5, 0.6) is 0 Å². The third kappa shape index (κ3) is 3.47. The summed E-state index contributed by atoms with van der Waals surface area (Å²) in [7, 11) is 0. The highest BCUT2D eigenvalue weighted by atomic mass is 19.2. The van der Waals surface area contributed by atoms with Gasteiger partial charge in [0, 0.05) is 11.1 Å². The summed E-state index contributed by atoms with van der Waals surface area (Å²) in [4.78, 5) is 0. The van der Waals surface area contributed by atoms with E-state index in [4.69, 9.17) is 0 Å². The molecule has 0 amide bonds. The first-order chi connectivity index (χ1) is 15.7. The lowest BCUT2D eigenvalue weighted by Gasteiger charge is -2.36. The lowest BCUT2D eigenvalue weighted by atomic mass is 9.34. The summed E-state index contributed by atoms with van der Waals surface area (Å²) in [5.41, 5.74) is -7.92. The minimum absolute atomic E-state index is 0.497. The van der Waals surface area contributed by atoms with E-state index in [1.165, 1.54) is 0 Å². The molecule has 0 aliphatic heterocycles. The van der Waals surface area contributed by atoms with E-state index >= 15 is 17.6 Å². The lowest BCUT2D eigenvalue weighted by Crippen LogP contribution is -2.60. The summed E-state index contributed by atoms with van der Waals surface area (Å²) < 4.78 is 146. The zero-order chi connectivity index (χ0) is 26.0. The Morgan fingerprint density at radius 1 is 0.294 bits per heavy atom. The average Bonchev–Trinajstić information content (AvgIpc) is 2.81. The van der Waals surface area contributed by atoms with Crippen molar-refractivity contribution in [1.29, 1.82) is 0 Å². The van der Waals surface area contributed by atoms with Crippen LogP contribution in [0.15, 0.2) is 0 Å². The normalized spacial score (nSPS) is 11.6. The Bertz CT molecular complexity index is 1110. The molecular formula is C23H15BF10-. The molecule has 3 aromatic rings. The second-order valence-corrected chi connectivity index (χ2v) is 7.94. The van der Waals surface area contributed by atoms with E-state index in [0.29, 0.717) is 6.92 Å². The minimum atomic E-state index is -2.56. The summed E-state index contributed by atoms with van der Waals surface area (Å²) in [5, 5.41) is 0. The molecule has 0 unspecified atom stereocenters. The zero-order valence-electron chi connectivity index (χ0n) is 18.4. The van der Waals surface area contributed by atoms with Crippen molar-refractivity contribution in [1.82, 2.24) is 0 Å². The van der Waals surface area contributed by atoms with E-state index < -0.39 is 109 Å². The van der Waals surface area contributed by atoms with E-state index in [1.807, 2.05) is 0 Å². The van der Waals surface area contributed by atoms with Crippen LogP contribution in [0, 0.1) is 92.8 Å². The number of rotatable bonds is 3. The maximum Gasteiger partial charge on any atom is 0.191 e. The van der Waals surface area contributed by atoms with Gasteiger partial charge < -0.3 is 0 Å². The lowest BCUT2D eigenvalue weighted by molar-refractivity contribution is 0.445. The monoisotopic (exact) mass is 492 g/mol. The van der Waals surface area contributed by atoms with Crippen LogP contribution in [0.25, 0.3) is 0 Å². The smallest absolute Gasteiger partial charge is 0.191 e. The molecular weight excluding hydrogens is 477 g/mol. The van der Waals surface area contributed by atoms with Crippen LogP contribution < -0.4 is 16.4 Å². The van der Waals surface area contributed by atoms with Gasteiger partial charge >= 0.3 is 0 Å². The second-order valence-electron chi connectivity index (χ2n) is 7.94. The molecule has 0 aromatic heterocycles. The van der Waals surface area contributed by atoms with E-state index in [-0.39, 0.29) is 0 Å². The van der Waals surface area contributed by atoms with Crippen molar-refractivity contribution in [2.75, 3.05) is 0 Å². The molecule has 0 bridgehead atoms. The molecule has 0 N–H and O–H groups in total. The first-order valence-electron chi connectivity index (χ1n) is 9.76. The number of halogens is 10. The van der Waals surface area contributed by atoms with Gasteiger partial charge in [0.05, 0.1) is 5.82 Å². The summed E-state index contributed by atoms with van der Waals surface area (Å²) in [6, 6.07) is 0. The summed E-state index contributed by atoms with van der Waals surface area (Å²) in [6.07, 6.45) is 0. The van der Waals surface area contributed by atoms with Crippen molar-refractivity contribution >= 4 is 23.1 Å². The highest BCUT2D eigenvalue weighted by Crippen LogP contribution is 2.24. The van der Waals surface area contributed by atoms with Gasteiger partial charge in [0.2, 0.25) is 0 Å². The SMILES string of the molecule is Cc1c(C)c([B-](c2c(C)c(F)c(F)c(C)c2F)c2c(F)c(F)c(C)c(F)c2F)c(F)c(F)c1F. The molecule has 34 heavy (non-hydrogen) atoms. The summed E-state index contributed by atoms with van der Waals surface area (Å²) in [6.45, 7) is 1.62. The van der Waals surface area contributed by atoms with Crippen molar-refractivity contribution in [3.05, 3.63) is 86.0 Å². The highest BCUT2D eigenvalue weighted by molar-refractivity contribution is 6.96. The van der Waals surface area contributed by atoms with Crippen molar-refractivity contribution in [2.24, 2.45) is 0 Å². The molecule has 0 spiro atoms. The van der Waals surface area contributed by atoms with Crippen LogP contribution in [0.3, 0.4) is 0 Å². The van der Waals surface area contributed by atoms with E-state index in [0.717, 1.165) is 27.7 Å². The molecule has 0 atom stereocenters. The quantitative estimate of drug-likeness (QED) is 0.206. The Kier molecular flexibility index (Phi) is 6.54. The fourth-order valence-corrected chi connectivity index (χ4v) is 3.95. The van der Waals surface area contributed by atoms with Gasteiger partial charge in [-0.3, -0.25) is 0 Å². The third-order valence-corrected chi connectivity index (χ3v) is 6.12. The van der Waals surface area contributed by atoms with Crippen LogP contribution in [0.4, 0.5) is 43.9 Å². The van der Waals surface area contributed by atoms with Crippen molar-refractivity contribution in [2.45, 2.75) is 34.6 Å². The molecule has 0 aliphatic carbocycles. The Morgan fingerprint density at radius 2 is 0.618 bits per heavy atom. The first-order valence-corrected chi connectivity index (χ1v) is 9.76. The molecule has 0 fully saturated rings. The van der Waals surface area contributed by atoms with Gasteiger partial charge in [-0.25, -0.2) is 43.9 Å². The van der Waals surface area contributed by atoms with E-state index in [1.54, 1.807) is 0 Å². The average molecular weight is 492 g/mol. The predicted octanol–water partition coefficient (Wildman–Crippen LogP) is 5.14. The van der Waals surface area contributed by atoms with Crippen LogP contribution in [-0.2, 0) is 0 Å². The van der Waals surface area contributed by atoms with Gasteiger partial charge in [0.1, 0.15) is 17.5 Å². The van der Waals surface area contributed by atoms with Gasteiger partial charge in [-0.2, -0.15) is 16.4 Å². The molecule has 0 saturated heterocycles. The van der Waals surface area contributed by atoms with Gasteiger partial charge in [-0.05, 0) is 52.5 Å².